The molecule has 0 aliphatic carbocycles. The highest BCUT2D eigenvalue weighted by atomic mass is 17.1. The van der Waals surface area contributed by atoms with Gasteiger partial charge in [0.25, 0.3) is 5.91 Å². The van der Waals surface area contributed by atoms with E-state index in [1.54, 1.807) is 4.90 Å². The normalized spacial score (nSPS) is 18.4. The molecule has 1 unspecified atom stereocenters. The standard InChI is InChI=1S/C13H15NO5/c15-11-5-3-9(4-6-11)13(17)14-7-1-2-10(14)8-12(16)19-18/h3-6,10,15,18H,1-2,7-8H2. The fourth-order valence-corrected chi connectivity index (χ4v) is 2.31. The number of carbonyl (C=O) groups is 2. The van der Waals surface area contributed by atoms with Gasteiger partial charge in [-0.2, -0.15) is 5.26 Å². The second-order valence-corrected chi connectivity index (χ2v) is 4.51. The van der Waals surface area contributed by atoms with Gasteiger partial charge < -0.3 is 14.9 Å². The Morgan fingerprint density at radius 1 is 1.32 bits per heavy atom. The molecule has 0 bridgehead atoms. The molecule has 1 fully saturated rings. The Labute approximate surface area is 110 Å². The molecule has 2 rings (SSSR count). The van der Waals surface area contributed by atoms with Crippen LogP contribution in [0.25, 0.3) is 0 Å². The van der Waals surface area contributed by atoms with Crippen molar-refractivity contribution in [3.63, 3.8) is 0 Å². The van der Waals surface area contributed by atoms with E-state index in [-0.39, 0.29) is 24.1 Å². The fraction of sp³-hybridized carbons (Fsp3) is 0.385. The Balaban J connectivity index is 2.09. The topological polar surface area (TPSA) is 87.1 Å². The van der Waals surface area contributed by atoms with Crippen molar-refractivity contribution < 1.29 is 24.8 Å². The summed E-state index contributed by atoms with van der Waals surface area (Å²) in [6, 6.07) is 5.72. The van der Waals surface area contributed by atoms with Crippen molar-refractivity contribution in [2.45, 2.75) is 25.3 Å². The SMILES string of the molecule is O=C(CC1CCCN1C(=O)c1ccc(O)cc1)OO. The maximum Gasteiger partial charge on any atom is 0.344 e. The number of phenolic OH excluding ortho intramolecular Hbond substituents is 1. The zero-order valence-corrected chi connectivity index (χ0v) is 10.3. The summed E-state index contributed by atoms with van der Waals surface area (Å²) in [5.41, 5.74) is 0.460. The molecule has 0 saturated carbocycles. The summed E-state index contributed by atoms with van der Waals surface area (Å²) in [4.78, 5) is 28.6. The molecular formula is C13H15NO5. The lowest BCUT2D eigenvalue weighted by molar-refractivity contribution is -0.235. The van der Waals surface area contributed by atoms with Crippen LogP contribution in [0.1, 0.15) is 29.6 Å². The van der Waals surface area contributed by atoms with Crippen molar-refractivity contribution in [3.8, 4) is 5.75 Å². The fourth-order valence-electron chi connectivity index (χ4n) is 2.31. The third kappa shape index (κ3) is 3.03. The number of phenols is 1. The quantitative estimate of drug-likeness (QED) is 0.637. The molecule has 1 aliphatic rings. The average molecular weight is 265 g/mol. The molecule has 1 saturated heterocycles. The van der Waals surface area contributed by atoms with Crippen molar-refractivity contribution >= 4 is 11.9 Å². The predicted octanol–water partition coefficient (Wildman–Crippen LogP) is 1.40. The van der Waals surface area contributed by atoms with Gasteiger partial charge in [0.1, 0.15) is 5.75 Å². The van der Waals surface area contributed by atoms with Gasteiger partial charge >= 0.3 is 5.97 Å². The first kappa shape index (κ1) is 13.4. The lowest BCUT2D eigenvalue weighted by Gasteiger charge is -2.23. The molecule has 19 heavy (non-hydrogen) atoms. The molecule has 0 aromatic heterocycles. The zero-order valence-electron chi connectivity index (χ0n) is 10.3. The van der Waals surface area contributed by atoms with E-state index >= 15 is 0 Å². The Kier molecular flexibility index (Phi) is 4.01. The Hall–Kier alpha value is -2.08. The van der Waals surface area contributed by atoms with Crippen LogP contribution in [-0.2, 0) is 9.68 Å². The summed E-state index contributed by atoms with van der Waals surface area (Å²) in [6.45, 7) is 0.573. The molecule has 1 aromatic rings. The number of likely N-dealkylation sites (tertiary alicyclic amines) is 1. The van der Waals surface area contributed by atoms with Gasteiger partial charge in [0.15, 0.2) is 0 Å². The highest BCUT2D eigenvalue weighted by molar-refractivity contribution is 5.95. The summed E-state index contributed by atoms with van der Waals surface area (Å²) >= 11 is 0. The number of carbonyl (C=O) groups excluding carboxylic acids is 2. The van der Waals surface area contributed by atoms with Crippen molar-refractivity contribution in [1.29, 1.82) is 0 Å². The van der Waals surface area contributed by atoms with Crippen LogP contribution in [0.4, 0.5) is 0 Å². The second kappa shape index (κ2) is 5.71. The predicted molar refractivity (Wildman–Crippen MR) is 65.5 cm³/mol. The smallest absolute Gasteiger partial charge is 0.344 e. The lowest BCUT2D eigenvalue weighted by atomic mass is 10.1. The van der Waals surface area contributed by atoms with Crippen molar-refractivity contribution in [2.24, 2.45) is 0 Å². The number of hydrogen-bond acceptors (Lipinski definition) is 5. The van der Waals surface area contributed by atoms with Gasteiger partial charge in [-0.1, -0.05) is 0 Å². The minimum absolute atomic E-state index is 0.0136. The molecule has 0 radical (unpaired) electrons. The summed E-state index contributed by atoms with van der Waals surface area (Å²) in [5.74, 6) is -0.831. The Bertz CT molecular complexity index is 470. The van der Waals surface area contributed by atoms with Gasteiger partial charge in [0.05, 0.1) is 6.42 Å². The third-order valence-electron chi connectivity index (χ3n) is 3.26. The largest absolute Gasteiger partial charge is 0.508 e. The summed E-state index contributed by atoms with van der Waals surface area (Å²) in [5, 5.41) is 17.5. The highest BCUT2D eigenvalue weighted by Gasteiger charge is 2.31. The third-order valence-corrected chi connectivity index (χ3v) is 3.26. The van der Waals surface area contributed by atoms with E-state index in [0.29, 0.717) is 18.5 Å². The first-order chi connectivity index (χ1) is 9.11. The van der Waals surface area contributed by atoms with Crippen LogP contribution < -0.4 is 0 Å². The van der Waals surface area contributed by atoms with Crippen molar-refractivity contribution in [1.82, 2.24) is 4.90 Å². The van der Waals surface area contributed by atoms with Crippen LogP contribution in [0.3, 0.4) is 0 Å². The van der Waals surface area contributed by atoms with Gasteiger partial charge in [-0.15, -0.1) is 0 Å². The van der Waals surface area contributed by atoms with Crippen molar-refractivity contribution in [3.05, 3.63) is 29.8 Å². The molecule has 2 N–H and O–H groups in total. The minimum Gasteiger partial charge on any atom is -0.508 e. The van der Waals surface area contributed by atoms with Gasteiger partial charge in [-0.3, -0.25) is 4.79 Å². The van der Waals surface area contributed by atoms with E-state index in [4.69, 9.17) is 5.26 Å². The summed E-state index contributed by atoms with van der Waals surface area (Å²) in [6.07, 6.45) is 1.51. The van der Waals surface area contributed by atoms with Gasteiger partial charge in [-0.05, 0) is 37.1 Å². The number of aromatic hydroxyl groups is 1. The van der Waals surface area contributed by atoms with Gasteiger partial charge in [-0.25, -0.2) is 4.79 Å². The molecule has 102 valence electrons. The minimum atomic E-state index is -0.740. The molecular weight excluding hydrogens is 250 g/mol. The van der Waals surface area contributed by atoms with Crippen LogP contribution in [0.5, 0.6) is 5.75 Å². The summed E-state index contributed by atoms with van der Waals surface area (Å²) in [7, 11) is 0. The maximum absolute atomic E-state index is 12.3. The monoisotopic (exact) mass is 265 g/mol. The zero-order chi connectivity index (χ0) is 13.8. The number of rotatable bonds is 3. The average Bonchev–Trinajstić information content (AvgIpc) is 2.86. The van der Waals surface area contributed by atoms with E-state index in [9.17, 15) is 14.7 Å². The van der Waals surface area contributed by atoms with Gasteiger partial charge in [0.2, 0.25) is 0 Å². The summed E-state index contributed by atoms with van der Waals surface area (Å²) < 4.78 is 0. The lowest BCUT2D eigenvalue weighted by Crippen LogP contribution is -2.37. The molecule has 1 aliphatic heterocycles. The van der Waals surface area contributed by atoms with Gasteiger partial charge in [0, 0.05) is 18.2 Å². The second-order valence-electron chi connectivity index (χ2n) is 4.51. The van der Waals surface area contributed by atoms with E-state index in [0.717, 1.165) is 6.42 Å². The van der Waals surface area contributed by atoms with Crippen LogP contribution in [-0.4, -0.2) is 39.7 Å². The van der Waals surface area contributed by atoms with E-state index in [2.05, 4.69) is 4.89 Å². The molecule has 1 amide bonds. The number of benzene rings is 1. The molecule has 1 aromatic carbocycles. The number of nitrogens with zero attached hydrogens (tertiary/aromatic N) is 1. The highest BCUT2D eigenvalue weighted by Crippen LogP contribution is 2.23. The molecule has 6 heteroatoms. The van der Waals surface area contributed by atoms with E-state index in [1.807, 2.05) is 0 Å². The van der Waals surface area contributed by atoms with Crippen LogP contribution in [0.2, 0.25) is 0 Å². The number of amides is 1. The first-order valence-electron chi connectivity index (χ1n) is 6.06. The van der Waals surface area contributed by atoms with Crippen LogP contribution in [0, 0.1) is 0 Å². The Morgan fingerprint density at radius 3 is 2.63 bits per heavy atom. The number of hydrogen-bond donors (Lipinski definition) is 2. The molecule has 1 heterocycles. The first-order valence-corrected chi connectivity index (χ1v) is 6.06. The Morgan fingerprint density at radius 2 is 2.00 bits per heavy atom. The molecule has 1 atom stereocenters. The van der Waals surface area contributed by atoms with Crippen molar-refractivity contribution in [2.75, 3.05) is 6.54 Å². The van der Waals surface area contributed by atoms with E-state index in [1.165, 1.54) is 24.3 Å². The van der Waals surface area contributed by atoms with Crippen LogP contribution in [0.15, 0.2) is 24.3 Å². The maximum atomic E-state index is 12.3. The van der Waals surface area contributed by atoms with Crippen LogP contribution >= 0.6 is 0 Å². The molecule has 0 spiro atoms. The molecule has 6 nitrogen and oxygen atoms in total. The van der Waals surface area contributed by atoms with E-state index < -0.39 is 5.97 Å².